The summed E-state index contributed by atoms with van der Waals surface area (Å²) < 4.78 is 0. The summed E-state index contributed by atoms with van der Waals surface area (Å²) in [6.45, 7) is 6.27. The average molecular weight is 250 g/mol. The maximum Gasteiger partial charge on any atom is 0.269 e. The molecule has 0 amide bonds. The van der Waals surface area contributed by atoms with Gasteiger partial charge in [-0.1, -0.05) is 33.3 Å². The molecule has 0 aromatic heterocycles. The van der Waals surface area contributed by atoms with Gasteiger partial charge < -0.3 is 5.73 Å². The van der Waals surface area contributed by atoms with Crippen molar-refractivity contribution in [2.24, 2.45) is 11.7 Å². The minimum atomic E-state index is -0.361. The first kappa shape index (κ1) is 14.6. The smallest absolute Gasteiger partial charge is 0.269 e. The molecule has 0 bridgehead atoms. The van der Waals surface area contributed by atoms with Gasteiger partial charge in [0.25, 0.3) is 5.69 Å². The number of aryl methyl sites for hydroxylation is 1. The van der Waals surface area contributed by atoms with Crippen LogP contribution in [-0.4, -0.2) is 4.92 Å². The molecule has 0 spiro atoms. The zero-order valence-electron chi connectivity index (χ0n) is 11.3. The molecule has 0 aliphatic heterocycles. The van der Waals surface area contributed by atoms with Gasteiger partial charge in [0.15, 0.2) is 0 Å². The van der Waals surface area contributed by atoms with E-state index in [-0.39, 0.29) is 16.7 Å². The zero-order valence-corrected chi connectivity index (χ0v) is 11.3. The summed E-state index contributed by atoms with van der Waals surface area (Å²) in [5.41, 5.74) is 8.40. The number of nitrogens with two attached hydrogens (primary N) is 1. The van der Waals surface area contributed by atoms with E-state index in [1.807, 2.05) is 13.0 Å². The van der Waals surface area contributed by atoms with Crippen molar-refractivity contribution in [3.05, 3.63) is 39.4 Å². The molecule has 4 nitrogen and oxygen atoms in total. The topological polar surface area (TPSA) is 69.2 Å². The first-order valence-corrected chi connectivity index (χ1v) is 6.54. The highest BCUT2D eigenvalue weighted by Gasteiger charge is 2.19. The van der Waals surface area contributed by atoms with Crippen molar-refractivity contribution < 1.29 is 4.92 Å². The number of non-ortho nitro benzene ring substituents is 1. The quantitative estimate of drug-likeness (QED) is 0.619. The Morgan fingerprint density at radius 3 is 2.56 bits per heavy atom. The molecule has 0 aliphatic rings. The predicted octanol–water partition coefficient (Wildman–Crippen LogP) is 3.59. The lowest BCUT2D eigenvalue weighted by Gasteiger charge is -2.22. The molecule has 1 aromatic rings. The van der Waals surface area contributed by atoms with Crippen LogP contribution >= 0.6 is 0 Å². The summed E-state index contributed by atoms with van der Waals surface area (Å²) in [5.74, 6) is 0.335. The number of benzene rings is 1. The van der Waals surface area contributed by atoms with Gasteiger partial charge in [-0.15, -0.1) is 0 Å². The molecule has 0 fully saturated rings. The Morgan fingerprint density at radius 1 is 1.39 bits per heavy atom. The minimum Gasteiger partial charge on any atom is -0.324 e. The Bertz CT molecular complexity index is 418. The van der Waals surface area contributed by atoms with Crippen LogP contribution in [0.2, 0.25) is 0 Å². The van der Waals surface area contributed by atoms with E-state index in [1.165, 1.54) is 0 Å². The second-order valence-corrected chi connectivity index (χ2v) is 4.79. The third kappa shape index (κ3) is 3.29. The van der Waals surface area contributed by atoms with E-state index in [2.05, 4.69) is 13.8 Å². The first-order chi connectivity index (χ1) is 8.51. The SMILES string of the molecule is CCCC(C)C(N)c1cc([N+](=O)[O-])ccc1CC. The number of nitrogens with zero attached hydrogens (tertiary/aromatic N) is 1. The molecule has 100 valence electrons. The molecule has 1 aromatic carbocycles. The maximum atomic E-state index is 10.8. The molecule has 2 unspecified atom stereocenters. The highest BCUT2D eigenvalue weighted by atomic mass is 16.6. The molecule has 0 saturated heterocycles. The summed E-state index contributed by atoms with van der Waals surface area (Å²) in [6, 6.07) is 4.89. The van der Waals surface area contributed by atoms with Crippen LogP contribution in [0, 0.1) is 16.0 Å². The number of hydrogen-bond acceptors (Lipinski definition) is 3. The van der Waals surface area contributed by atoms with Crippen LogP contribution in [0.4, 0.5) is 5.69 Å². The van der Waals surface area contributed by atoms with Crippen molar-refractivity contribution in [3.63, 3.8) is 0 Å². The molecular weight excluding hydrogens is 228 g/mol. The van der Waals surface area contributed by atoms with Crippen LogP contribution in [0.3, 0.4) is 0 Å². The highest BCUT2D eigenvalue weighted by Crippen LogP contribution is 2.29. The lowest BCUT2D eigenvalue weighted by atomic mass is 9.88. The van der Waals surface area contributed by atoms with Gasteiger partial charge in [-0.05, 0) is 29.9 Å². The number of nitro benzene ring substituents is 1. The van der Waals surface area contributed by atoms with Gasteiger partial charge in [-0.2, -0.15) is 0 Å². The van der Waals surface area contributed by atoms with Crippen LogP contribution in [0.5, 0.6) is 0 Å². The summed E-state index contributed by atoms with van der Waals surface area (Å²) in [7, 11) is 0. The lowest BCUT2D eigenvalue weighted by Crippen LogP contribution is -2.20. The van der Waals surface area contributed by atoms with Crippen molar-refractivity contribution >= 4 is 5.69 Å². The lowest BCUT2D eigenvalue weighted by molar-refractivity contribution is -0.385. The van der Waals surface area contributed by atoms with Gasteiger partial charge in [0.05, 0.1) is 4.92 Å². The summed E-state index contributed by atoms with van der Waals surface area (Å²) in [5, 5.41) is 10.8. The zero-order chi connectivity index (χ0) is 13.7. The third-order valence-electron chi connectivity index (χ3n) is 3.44. The molecular formula is C14H22N2O2. The first-order valence-electron chi connectivity index (χ1n) is 6.54. The molecule has 0 saturated carbocycles. The van der Waals surface area contributed by atoms with Crippen molar-refractivity contribution in [1.29, 1.82) is 0 Å². The Hall–Kier alpha value is -1.42. The fourth-order valence-electron chi connectivity index (χ4n) is 2.27. The summed E-state index contributed by atoms with van der Waals surface area (Å²) in [6.07, 6.45) is 2.96. The molecule has 1 rings (SSSR count). The van der Waals surface area contributed by atoms with E-state index in [0.717, 1.165) is 30.4 Å². The molecule has 2 N–H and O–H groups in total. The molecule has 4 heteroatoms. The van der Waals surface area contributed by atoms with Crippen LogP contribution in [0.15, 0.2) is 18.2 Å². The molecule has 0 aliphatic carbocycles. The van der Waals surface area contributed by atoms with Crippen molar-refractivity contribution in [1.82, 2.24) is 0 Å². The predicted molar refractivity (Wildman–Crippen MR) is 73.5 cm³/mol. The molecule has 2 atom stereocenters. The standard InChI is InChI=1S/C14H22N2O2/c1-4-6-10(3)14(15)13-9-12(16(17)18)8-7-11(13)5-2/h7-10,14H,4-6,15H2,1-3H3. The van der Waals surface area contributed by atoms with E-state index < -0.39 is 0 Å². The van der Waals surface area contributed by atoms with E-state index in [0.29, 0.717) is 5.92 Å². The number of hydrogen-bond donors (Lipinski definition) is 1. The van der Waals surface area contributed by atoms with Crippen molar-refractivity contribution in [2.75, 3.05) is 0 Å². The van der Waals surface area contributed by atoms with Crippen molar-refractivity contribution in [2.45, 2.75) is 46.1 Å². The summed E-state index contributed by atoms with van der Waals surface area (Å²) >= 11 is 0. The second-order valence-electron chi connectivity index (χ2n) is 4.79. The van der Waals surface area contributed by atoms with Gasteiger partial charge in [-0.25, -0.2) is 0 Å². The second kappa shape index (κ2) is 6.50. The minimum absolute atomic E-state index is 0.125. The Kier molecular flexibility index (Phi) is 5.28. The Morgan fingerprint density at radius 2 is 2.06 bits per heavy atom. The van der Waals surface area contributed by atoms with Gasteiger partial charge in [0, 0.05) is 18.2 Å². The van der Waals surface area contributed by atoms with Crippen LogP contribution in [0.25, 0.3) is 0 Å². The third-order valence-corrected chi connectivity index (χ3v) is 3.44. The normalized spacial score (nSPS) is 14.2. The monoisotopic (exact) mass is 250 g/mol. The Balaban J connectivity index is 3.10. The average Bonchev–Trinajstić information content (AvgIpc) is 2.37. The number of nitro groups is 1. The van der Waals surface area contributed by atoms with E-state index in [1.54, 1.807) is 12.1 Å². The highest BCUT2D eigenvalue weighted by molar-refractivity contribution is 5.41. The molecule has 0 radical (unpaired) electrons. The van der Waals surface area contributed by atoms with E-state index in [9.17, 15) is 10.1 Å². The fourth-order valence-corrected chi connectivity index (χ4v) is 2.27. The number of rotatable bonds is 6. The van der Waals surface area contributed by atoms with Crippen molar-refractivity contribution in [3.8, 4) is 0 Å². The van der Waals surface area contributed by atoms with Crippen LogP contribution < -0.4 is 5.73 Å². The molecule has 18 heavy (non-hydrogen) atoms. The van der Waals surface area contributed by atoms with E-state index in [4.69, 9.17) is 5.73 Å². The largest absolute Gasteiger partial charge is 0.324 e. The van der Waals surface area contributed by atoms with Gasteiger partial charge in [0.1, 0.15) is 0 Å². The fraction of sp³-hybridized carbons (Fsp3) is 0.571. The van der Waals surface area contributed by atoms with E-state index >= 15 is 0 Å². The van der Waals surface area contributed by atoms with Gasteiger partial charge in [-0.3, -0.25) is 10.1 Å². The maximum absolute atomic E-state index is 10.8. The Labute approximate surface area is 108 Å². The van der Waals surface area contributed by atoms with Gasteiger partial charge >= 0.3 is 0 Å². The van der Waals surface area contributed by atoms with Crippen LogP contribution in [-0.2, 0) is 6.42 Å². The van der Waals surface area contributed by atoms with Gasteiger partial charge in [0.2, 0.25) is 0 Å². The molecule has 0 heterocycles. The van der Waals surface area contributed by atoms with Crippen LogP contribution in [0.1, 0.15) is 50.8 Å². The summed E-state index contributed by atoms with van der Waals surface area (Å²) in [4.78, 5) is 10.5.